The minimum Gasteiger partial charge on any atom is -0.393 e. The van der Waals surface area contributed by atoms with Gasteiger partial charge in [-0.3, -0.25) is 9.59 Å². The van der Waals surface area contributed by atoms with E-state index in [0.717, 1.165) is 12.8 Å². The Hall–Kier alpha value is -1.14. The summed E-state index contributed by atoms with van der Waals surface area (Å²) in [7, 11) is 1.87. The van der Waals surface area contributed by atoms with E-state index in [0.29, 0.717) is 13.0 Å². The summed E-state index contributed by atoms with van der Waals surface area (Å²) >= 11 is 0. The average Bonchev–Trinajstić information content (AvgIpc) is 2.35. The van der Waals surface area contributed by atoms with E-state index in [1.54, 1.807) is 6.92 Å². The van der Waals surface area contributed by atoms with Crippen LogP contribution < -0.4 is 16.0 Å². The molecule has 6 nitrogen and oxygen atoms in total. The smallest absolute Gasteiger partial charge is 0.228 e. The lowest BCUT2D eigenvalue weighted by molar-refractivity contribution is -0.144. The monoisotopic (exact) mass is 269 g/mol. The van der Waals surface area contributed by atoms with Crippen LogP contribution in [0.3, 0.4) is 0 Å². The number of β-lactam (4-membered cyclic amide) rings is 1. The van der Waals surface area contributed by atoms with Gasteiger partial charge >= 0.3 is 0 Å². The van der Waals surface area contributed by atoms with Gasteiger partial charge in [0.15, 0.2) is 0 Å². The molecule has 2 amide bonds. The van der Waals surface area contributed by atoms with Crippen molar-refractivity contribution in [1.82, 2.24) is 16.0 Å². The predicted molar refractivity (Wildman–Crippen MR) is 70.4 cm³/mol. The van der Waals surface area contributed by atoms with Gasteiger partial charge in [0.05, 0.1) is 17.9 Å². The summed E-state index contributed by atoms with van der Waals surface area (Å²) in [4.78, 5) is 23.5. The molecule has 1 aliphatic carbocycles. The van der Waals surface area contributed by atoms with E-state index in [4.69, 9.17) is 0 Å². The van der Waals surface area contributed by atoms with Gasteiger partial charge in [-0.2, -0.15) is 0 Å². The maximum absolute atomic E-state index is 11.8. The molecule has 2 fully saturated rings. The Balaban J connectivity index is 1.98. The number of carbonyl (C=O) groups is 2. The van der Waals surface area contributed by atoms with E-state index < -0.39 is 6.10 Å². The zero-order valence-electron chi connectivity index (χ0n) is 11.5. The van der Waals surface area contributed by atoms with Gasteiger partial charge in [-0.15, -0.1) is 0 Å². The van der Waals surface area contributed by atoms with E-state index in [9.17, 15) is 14.7 Å². The van der Waals surface area contributed by atoms with Crippen LogP contribution in [0.5, 0.6) is 0 Å². The molecule has 2 aliphatic rings. The Kier molecular flexibility index (Phi) is 4.10. The average molecular weight is 269 g/mol. The van der Waals surface area contributed by atoms with Crippen molar-refractivity contribution >= 4 is 11.8 Å². The summed E-state index contributed by atoms with van der Waals surface area (Å²) in [5.74, 6) is -0.0474. The molecule has 1 spiro atoms. The zero-order valence-corrected chi connectivity index (χ0v) is 11.5. The van der Waals surface area contributed by atoms with Gasteiger partial charge in [-0.25, -0.2) is 0 Å². The highest BCUT2D eigenvalue weighted by molar-refractivity contribution is 5.89. The van der Waals surface area contributed by atoms with Crippen molar-refractivity contribution in [2.45, 2.75) is 50.8 Å². The van der Waals surface area contributed by atoms with Gasteiger partial charge in [0.25, 0.3) is 0 Å². The minimum absolute atomic E-state index is 0.0453. The lowest BCUT2D eigenvalue weighted by Crippen LogP contribution is -2.66. The molecular formula is C13H23N3O3. The quantitative estimate of drug-likeness (QED) is 0.499. The Morgan fingerprint density at radius 2 is 2.32 bits per heavy atom. The molecule has 0 aromatic heterocycles. The molecule has 4 atom stereocenters. The molecule has 0 aromatic carbocycles. The number of nitrogens with one attached hydrogen (secondary N) is 3. The fourth-order valence-corrected chi connectivity index (χ4v) is 3.11. The third kappa shape index (κ3) is 2.90. The lowest BCUT2D eigenvalue weighted by Gasteiger charge is -2.48. The molecule has 2 rings (SSSR count). The Morgan fingerprint density at radius 3 is 2.79 bits per heavy atom. The van der Waals surface area contributed by atoms with Crippen molar-refractivity contribution in [2.24, 2.45) is 5.41 Å². The van der Waals surface area contributed by atoms with Gasteiger partial charge in [0.1, 0.15) is 0 Å². The van der Waals surface area contributed by atoms with E-state index in [1.807, 2.05) is 7.05 Å². The van der Waals surface area contributed by atoms with Crippen LogP contribution >= 0.6 is 0 Å². The standard InChI is InChI=1S/C13H23N3O3/c1-8(17)5-11(18)16-10-6-13(7-15-12(13)19)4-3-9(10)14-2/h8-10,14,17H,3-7H2,1-2H3,(H,15,19)(H,16,18)/t8-,9?,10?,13?/m1/s1. The first-order valence-corrected chi connectivity index (χ1v) is 6.90. The van der Waals surface area contributed by atoms with Crippen LogP contribution in [-0.2, 0) is 9.59 Å². The van der Waals surface area contributed by atoms with Gasteiger partial charge < -0.3 is 21.1 Å². The van der Waals surface area contributed by atoms with Gasteiger partial charge in [0.2, 0.25) is 11.8 Å². The van der Waals surface area contributed by atoms with Gasteiger partial charge in [0, 0.05) is 18.6 Å². The van der Waals surface area contributed by atoms with E-state index in [1.165, 1.54) is 0 Å². The Labute approximate surface area is 113 Å². The summed E-state index contributed by atoms with van der Waals surface area (Å²) in [6, 6.07) is 0.146. The molecule has 1 saturated heterocycles. The van der Waals surface area contributed by atoms with Gasteiger partial charge in [-0.05, 0) is 33.2 Å². The summed E-state index contributed by atoms with van der Waals surface area (Å²) in [5.41, 5.74) is -0.282. The molecule has 1 saturated carbocycles. The van der Waals surface area contributed by atoms with Crippen LogP contribution in [0, 0.1) is 5.41 Å². The molecule has 19 heavy (non-hydrogen) atoms. The number of hydrogen-bond acceptors (Lipinski definition) is 4. The Bertz CT molecular complexity index is 372. The molecule has 4 N–H and O–H groups in total. The molecular weight excluding hydrogens is 246 g/mol. The van der Waals surface area contributed by atoms with Crippen LogP contribution in [0.25, 0.3) is 0 Å². The van der Waals surface area contributed by atoms with Crippen LogP contribution in [-0.4, -0.2) is 48.7 Å². The number of aliphatic hydroxyl groups excluding tert-OH is 1. The van der Waals surface area contributed by atoms with Crippen molar-refractivity contribution in [3.05, 3.63) is 0 Å². The number of likely N-dealkylation sites (N-methyl/N-ethyl adjacent to an activating group) is 1. The number of amides is 2. The van der Waals surface area contributed by atoms with Crippen LogP contribution in [0.2, 0.25) is 0 Å². The fourth-order valence-electron chi connectivity index (χ4n) is 3.11. The van der Waals surface area contributed by atoms with Crippen molar-refractivity contribution in [2.75, 3.05) is 13.6 Å². The maximum atomic E-state index is 11.8. The second-order valence-corrected chi connectivity index (χ2v) is 5.83. The number of aliphatic hydroxyl groups is 1. The van der Waals surface area contributed by atoms with Gasteiger partial charge in [-0.1, -0.05) is 0 Å². The van der Waals surface area contributed by atoms with Crippen molar-refractivity contribution in [3.63, 3.8) is 0 Å². The molecule has 108 valence electrons. The SMILES string of the molecule is CNC1CCC2(CNC2=O)CC1NC(=O)C[C@@H](C)O. The summed E-state index contributed by atoms with van der Waals surface area (Å²) in [6.07, 6.45) is 1.89. The number of rotatable bonds is 4. The summed E-state index contributed by atoms with van der Waals surface area (Å²) in [5, 5.41) is 18.2. The van der Waals surface area contributed by atoms with Crippen LogP contribution in [0.1, 0.15) is 32.6 Å². The predicted octanol–water partition coefficient (Wildman–Crippen LogP) is -0.870. The molecule has 0 bridgehead atoms. The first-order valence-electron chi connectivity index (χ1n) is 6.90. The van der Waals surface area contributed by atoms with E-state index >= 15 is 0 Å². The highest BCUT2D eigenvalue weighted by atomic mass is 16.3. The van der Waals surface area contributed by atoms with Crippen LogP contribution in [0.4, 0.5) is 0 Å². The number of hydrogen-bond donors (Lipinski definition) is 4. The van der Waals surface area contributed by atoms with Crippen molar-refractivity contribution in [1.29, 1.82) is 0 Å². The highest BCUT2D eigenvalue weighted by Gasteiger charge is 2.51. The largest absolute Gasteiger partial charge is 0.393 e. The maximum Gasteiger partial charge on any atom is 0.228 e. The third-order valence-electron chi connectivity index (χ3n) is 4.30. The van der Waals surface area contributed by atoms with E-state index in [2.05, 4.69) is 16.0 Å². The first kappa shape index (κ1) is 14.3. The number of carbonyl (C=O) groups excluding carboxylic acids is 2. The summed E-state index contributed by atoms with van der Waals surface area (Å²) in [6.45, 7) is 2.31. The highest BCUT2D eigenvalue weighted by Crippen LogP contribution is 2.40. The summed E-state index contributed by atoms with van der Waals surface area (Å²) < 4.78 is 0. The molecule has 1 heterocycles. The first-order chi connectivity index (χ1) is 8.97. The minimum atomic E-state index is -0.641. The fraction of sp³-hybridized carbons (Fsp3) is 0.846. The molecule has 3 unspecified atom stereocenters. The molecule has 1 aliphatic heterocycles. The topological polar surface area (TPSA) is 90.5 Å². The third-order valence-corrected chi connectivity index (χ3v) is 4.30. The van der Waals surface area contributed by atoms with E-state index in [-0.39, 0.29) is 35.7 Å². The molecule has 0 aromatic rings. The second kappa shape index (κ2) is 5.46. The van der Waals surface area contributed by atoms with Crippen molar-refractivity contribution in [3.8, 4) is 0 Å². The molecule has 6 heteroatoms. The zero-order chi connectivity index (χ0) is 14.0. The van der Waals surface area contributed by atoms with Crippen LogP contribution in [0.15, 0.2) is 0 Å². The Morgan fingerprint density at radius 1 is 1.58 bits per heavy atom. The normalized spacial score (nSPS) is 35.4. The van der Waals surface area contributed by atoms with Crippen molar-refractivity contribution < 1.29 is 14.7 Å². The lowest BCUT2D eigenvalue weighted by atomic mass is 9.66. The second-order valence-electron chi connectivity index (χ2n) is 5.83. The molecule has 0 radical (unpaired) electrons.